The predicted octanol–water partition coefficient (Wildman–Crippen LogP) is 2.82. The van der Waals surface area contributed by atoms with Crippen LogP contribution >= 0.6 is 0 Å². The molecule has 1 N–H and O–H groups in total. The topological polar surface area (TPSA) is 122 Å². The smallest absolute Gasteiger partial charge is 0.245 e. The minimum Gasteiger partial charge on any atom is -0.486 e. The lowest BCUT2D eigenvalue weighted by Crippen LogP contribution is -2.39. The lowest BCUT2D eigenvalue weighted by molar-refractivity contribution is -0.114. The van der Waals surface area contributed by atoms with Crippen LogP contribution in [0.3, 0.4) is 0 Å². The minimum atomic E-state index is -3.78. The number of ether oxygens (including phenoxy) is 2. The van der Waals surface area contributed by atoms with E-state index in [9.17, 15) is 21.6 Å². The highest BCUT2D eigenvalue weighted by Gasteiger charge is 2.27. The van der Waals surface area contributed by atoms with Gasteiger partial charge in [-0.15, -0.1) is 0 Å². The highest BCUT2D eigenvalue weighted by atomic mass is 32.2. The van der Waals surface area contributed by atoms with Crippen molar-refractivity contribution < 1.29 is 31.1 Å². The number of carbonyl (C=O) groups excluding carboxylic acids is 1. The molecule has 4 rings (SSSR count). The Hall–Kier alpha value is -2.83. The maximum absolute atomic E-state index is 13.0. The largest absolute Gasteiger partial charge is 0.486 e. The van der Waals surface area contributed by atoms with Gasteiger partial charge in [0.1, 0.15) is 19.8 Å². The van der Waals surface area contributed by atoms with E-state index in [1.54, 1.807) is 12.1 Å². The number of nitrogens with zero attached hydrogens (tertiary/aromatic N) is 2. The molecule has 0 unspecified atom stereocenters. The zero-order chi connectivity index (χ0) is 25.8. The fraction of sp³-hybridized carbons (Fsp3) is 0.458. The fourth-order valence-electron chi connectivity index (χ4n) is 4.17. The number of nitrogens with one attached hydrogen (secondary N) is 1. The standard InChI is InChI=1S/C24H31N3O7S2/c1-2-35(29,30)27(20-9-12-22-23(17-20)34-16-15-33-22)18-24(28)25-19-7-10-21(11-8-19)36(31,32)26-13-5-3-4-6-14-26/h7-12,17H,2-6,13-16,18H2,1H3,(H,25,28). The second-order valence-corrected chi connectivity index (χ2v) is 12.7. The molecule has 0 radical (unpaired) electrons. The van der Waals surface area contributed by atoms with E-state index in [-0.39, 0.29) is 16.3 Å². The van der Waals surface area contributed by atoms with E-state index < -0.39 is 32.5 Å². The van der Waals surface area contributed by atoms with Gasteiger partial charge < -0.3 is 14.8 Å². The van der Waals surface area contributed by atoms with E-state index in [4.69, 9.17) is 9.47 Å². The van der Waals surface area contributed by atoms with Gasteiger partial charge in [0.05, 0.1) is 16.3 Å². The number of fused-ring (bicyclic) bond motifs is 1. The van der Waals surface area contributed by atoms with Gasteiger partial charge in [-0.05, 0) is 56.2 Å². The van der Waals surface area contributed by atoms with Gasteiger partial charge in [0.25, 0.3) is 0 Å². The Balaban J connectivity index is 1.47. The molecule has 0 atom stereocenters. The molecule has 36 heavy (non-hydrogen) atoms. The molecule has 196 valence electrons. The molecule has 12 heteroatoms. The van der Waals surface area contributed by atoms with Gasteiger partial charge in [-0.3, -0.25) is 9.10 Å². The molecule has 0 spiro atoms. The van der Waals surface area contributed by atoms with Crippen LogP contribution in [0.2, 0.25) is 0 Å². The Labute approximate surface area is 212 Å². The third-order valence-electron chi connectivity index (χ3n) is 6.14. The zero-order valence-electron chi connectivity index (χ0n) is 20.2. The summed E-state index contributed by atoms with van der Waals surface area (Å²) in [6.07, 6.45) is 3.73. The predicted molar refractivity (Wildman–Crippen MR) is 137 cm³/mol. The molecule has 10 nitrogen and oxygen atoms in total. The highest BCUT2D eigenvalue weighted by Crippen LogP contribution is 2.35. The van der Waals surface area contributed by atoms with E-state index in [1.165, 1.54) is 41.6 Å². The molecular formula is C24H31N3O7S2. The molecule has 1 amide bonds. The number of rotatable bonds is 8. The number of benzene rings is 2. The fourth-order valence-corrected chi connectivity index (χ4v) is 6.74. The summed E-state index contributed by atoms with van der Waals surface area (Å²) in [5.41, 5.74) is 0.654. The zero-order valence-corrected chi connectivity index (χ0v) is 21.8. The molecule has 1 fully saturated rings. The molecular weight excluding hydrogens is 506 g/mol. The lowest BCUT2D eigenvalue weighted by atomic mass is 10.2. The normalized spacial score (nSPS) is 16.7. The number of anilines is 2. The van der Waals surface area contributed by atoms with Crippen molar-refractivity contribution in [3.63, 3.8) is 0 Å². The average molecular weight is 538 g/mol. The second kappa shape index (κ2) is 11.1. The monoisotopic (exact) mass is 537 g/mol. The van der Waals surface area contributed by atoms with Crippen LogP contribution in [-0.4, -0.2) is 65.6 Å². The molecule has 2 aliphatic heterocycles. The van der Waals surface area contributed by atoms with Crippen LogP contribution < -0.4 is 19.1 Å². The first-order valence-electron chi connectivity index (χ1n) is 12.0. The van der Waals surface area contributed by atoms with Gasteiger partial charge in [-0.1, -0.05) is 12.8 Å². The van der Waals surface area contributed by atoms with Crippen LogP contribution in [-0.2, 0) is 24.8 Å². The summed E-state index contributed by atoms with van der Waals surface area (Å²) >= 11 is 0. The van der Waals surface area contributed by atoms with Gasteiger partial charge in [-0.2, -0.15) is 4.31 Å². The van der Waals surface area contributed by atoms with Gasteiger partial charge in [-0.25, -0.2) is 16.8 Å². The van der Waals surface area contributed by atoms with Gasteiger partial charge in [0, 0.05) is 24.8 Å². The Morgan fingerprint density at radius 2 is 1.56 bits per heavy atom. The first kappa shape index (κ1) is 26.2. The van der Waals surface area contributed by atoms with Crippen LogP contribution in [0, 0.1) is 0 Å². The van der Waals surface area contributed by atoms with Crippen LogP contribution in [0.1, 0.15) is 32.6 Å². The lowest BCUT2D eigenvalue weighted by Gasteiger charge is -2.25. The van der Waals surface area contributed by atoms with E-state index in [0.717, 1.165) is 30.0 Å². The average Bonchev–Trinajstić information content (AvgIpc) is 3.18. The van der Waals surface area contributed by atoms with Crippen molar-refractivity contribution in [3.05, 3.63) is 42.5 Å². The summed E-state index contributed by atoms with van der Waals surface area (Å²) in [4.78, 5) is 13.0. The van der Waals surface area contributed by atoms with Crippen molar-refractivity contribution in [1.29, 1.82) is 0 Å². The molecule has 2 heterocycles. The number of hydrogen-bond acceptors (Lipinski definition) is 7. The first-order chi connectivity index (χ1) is 17.2. The summed E-state index contributed by atoms with van der Waals surface area (Å²) in [6, 6.07) is 10.6. The van der Waals surface area contributed by atoms with Gasteiger partial charge >= 0.3 is 0 Å². The number of hydrogen-bond donors (Lipinski definition) is 1. The van der Waals surface area contributed by atoms with E-state index >= 15 is 0 Å². The SMILES string of the molecule is CCS(=O)(=O)N(CC(=O)Nc1ccc(S(=O)(=O)N2CCCCCC2)cc1)c1ccc2c(c1)OCCO2. The van der Waals surface area contributed by atoms with Crippen molar-refractivity contribution >= 4 is 37.3 Å². The maximum Gasteiger partial charge on any atom is 0.245 e. The van der Waals surface area contributed by atoms with Gasteiger partial charge in [0.2, 0.25) is 26.0 Å². The summed E-state index contributed by atoms with van der Waals surface area (Å²) in [6.45, 7) is 2.81. The summed E-state index contributed by atoms with van der Waals surface area (Å²) in [5, 5.41) is 2.66. The van der Waals surface area contributed by atoms with Crippen LogP contribution in [0.4, 0.5) is 11.4 Å². The summed E-state index contributed by atoms with van der Waals surface area (Å²) in [7, 11) is -7.38. The maximum atomic E-state index is 13.0. The molecule has 2 aromatic carbocycles. The first-order valence-corrected chi connectivity index (χ1v) is 15.1. The van der Waals surface area contributed by atoms with Crippen molar-refractivity contribution in [1.82, 2.24) is 4.31 Å². The second-order valence-electron chi connectivity index (χ2n) is 8.63. The molecule has 2 aromatic rings. The third kappa shape index (κ3) is 5.93. The molecule has 1 saturated heterocycles. The Kier molecular flexibility index (Phi) is 8.06. The molecule has 0 saturated carbocycles. The third-order valence-corrected chi connectivity index (χ3v) is 9.80. The van der Waals surface area contributed by atoms with E-state index in [0.29, 0.717) is 43.5 Å². The minimum absolute atomic E-state index is 0.161. The van der Waals surface area contributed by atoms with Crippen molar-refractivity contribution in [2.75, 3.05) is 48.2 Å². The molecule has 0 aliphatic carbocycles. The summed E-state index contributed by atoms with van der Waals surface area (Å²) < 4.78 is 65.1. The Bertz CT molecular complexity index is 1290. The van der Waals surface area contributed by atoms with E-state index in [1.807, 2.05) is 0 Å². The number of sulfonamides is 2. The number of carbonyl (C=O) groups is 1. The van der Waals surface area contributed by atoms with Crippen molar-refractivity contribution in [3.8, 4) is 11.5 Å². The van der Waals surface area contributed by atoms with E-state index in [2.05, 4.69) is 5.32 Å². The molecule has 0 aromatic heterocycles. The molecule has 0 bridgehead atoms. The van der Waals surface area contributed by atoms with Gasteiger partial charge in [0.15, 0.2) is 11.5 Å². The Morgan fingerprint density at radius 1 is 0.917 bits per heavy atom. The van der Waals surface area contributed by atoms with Crippen LogP contribution in [0.15, 0.2) is 47.4 Å². The number of amides is 1. The summed E-state index contributed by atoms with van der Waals surface area (Å²) in [5.74, 6) is 0.165. The molecule has 2 aliphatic rings. The quantitative estimate of drug-likeness (QED) is 0.549. The van der Waals surface area contributed by atoms with Crippen LogP contribution in [0.25, 0.3) is 0 Å². The van der Waals surface area contributed by atoms with Crippen molar-refractivity contribution in [2.45, 2.75) is 37.5 Å². The van der Waals surface area contributed by atoms with Crippen LogP contribution in [0.5, 0.6) is 11.5 Å². The highest BCUT2D eigenvalue weighted by molar-refractivity contribution is 7.92. The van der Waals surface area contributed by atoms with Crippen molar-refractivity contribution in [2.24, 2.45) is 0 Å². The Morgan fingerprint density at radius 3 is 2.19 bits per heavy atom.